The minimum atomic E-state index is -0.559. The van der Waals surface area contributed by atoms with E-state index in [1.54, 1.807) is 48.5 Å². The molecule has 0 amide bonds. The zero-order valence-corrected chi connectivity index (χ0v) is 9.37. The Hall–Kier alpha value is -2.71. The third kappa shape index (κ3) is 2.70. The van der Waals surface area contributed by atoms with Gasteiger partial charge in [0.15, 0.2) is 0 Å². The van der Waals surface area contributed by atoms with E-state index in [2.05, 4.69) is 4.99 Å². The number of para-hydroxylation sites is 2. The van der Waals surface area contributed by atoms with Crippen molar-refractivity contribution in [1.82, 2.24) is 0 Å². The number of rotatable bonds is 3. The van der Waals surface area contributed by atoms with E-state index in [0.29, 0.717) is 5.75 Å². The van der Waals surface area contributed by atoms with Gasteiger partial charge in [-0.3, -0.25) is 0 Å². The molecule has 2 aromatic rings. The van der Waals surface area contributed by atoms with Crippen LogP contribution >= 0.6 is 0 Å². The predicted octanol–water partition coefficient (Wildman–Crippen LogP) is 2.87. The maximum atomic E-state index is 11.9. The molecular formula is C14H9NO3. The monoisotopic (exact) mass is 239 g/mol. The average molecular weight is 239 g/mol. The minimum Gasteiger partial charge on any atom is -0.423 e. The van der Waals surface area contributed by atoms with E-state index < -0.39 is 5.97 Å². The van der Waals surface area contributed by atoms with Crippen LogP contribution < -0.4 is 4.74 Å². The highest BCUT2D eigenvalue weighted by Gasteiger charge is 2.12. The summed E-state index contributed by atoms with van der Waals surface area (Å²) in [5.41, 5.74) is 0.470. The molecule has 0 bridgehead atoms. The Morgan fingerprint density at radius 2 is 1.67 bits per heavy atom. The lowest BCUT2D eigenvalue weighted by Crippen LogP contribution is -2.08. The van der Waals surface area contributed by atoms with Crippen LogP contribution in [0.5, 0.6) is 5.75 Å². The summed E-state index contributed by atoms with van der Waals surface area (Å²) in [6, 6.07) is 15.1. The number of ether oxygens (including phenoxy) is 1. The van der Waals surface area contributed by atoms with Gasteiger partial charge in [-0.05, 0) is 24.3 Å². The number of nitrogens with zero attached hydrogens (tertiary/aromatic N) is 1. The third-order valence-electron chi connectivity index (χ3n) is 2.24. The molecule has 4 nitrogen and oxygen atoms in total. The molecule has 0 unspecified atom stereocenters. The van der Waals surface area contributed by atoms with E-state index in [1.807, 2.05) is 6.07 Å². The van der Waals surface area contributed by atoms with Gasteiger partial charge < -0.3 is 4.74 Å². The normalized spacial score (nSPS) is 9.33. The SMILES string of the molecule is O=C=Nc1ccccc1C(=O)Oc1ccccc1. The molecule has 0 saturated carbocycles. The highest BCUT2D eigenvalue weighted by Crippen LogP contribution is 2.20. The van der Waals surface area contributed by atoms with E-state index in [1.165, 1.54) is 6.08 Å². The van der Waals surface area contributed by atoms with Crippen molar-refractivity contribution < 1.29 is 14.3 Å². The van der Waals surface area contributed by atoms with Gasteiger partial charge in [0.25, 0.3) is 0 Å². The largest absolute Gasteiger partial charge is 0.423 e. The second kappa shape index (κ2) is 5.57. The number of carbonyl (C=O) groups excluding carboxylic acids is 2. The molecule has 4 heteroatoms. The van der Waals surface area contributed by atoms with Gasteiger partial charge in [0.05, 0.1) is 11.3 Å². The van der Waals surface area contributed by atoms with E-state index >= 15 is 0 Å². The Morgan fingerprint density at radius 1 is 1.00 bits per heavy atom. The lowest BCUT2D eigenvalue weighted by Gasteiger charge is -2.05. The molecule has 0 aliphatic rings. The first-order valence-electron chi connectivity index (χ1n) is 5.25. The van der Waals surface area contributed by atoms with Crippen molar-refractivity contribution >= 4 is 17.7 Å². The zero-order chi connectivity index (χ0) is 12.8. The van der Waals surface area contributed by atoms with Gasteiger partial charge in [-0.1, -0.05) is 30.3 Å². The number of hydrogen-bond acceptors (Lipinski definition) is 4. The smallest absolute Gasteiger partial charge is 0.345 e. The van der Waals surface area contributed by atoms with Crippen LogP contribution in [0.15, 0.2) is 59.6 Å². The standard InChI is InChI=1S/C14H9NO3/c16-10-15-13-9-5-4-8-12(13)14(17)18-11-6-2-1-3-7-11/h1-9H. The van der Waals surface area contributed by atoms with Crippen molar-refractivity contribution in [2.75, 3.05) is 0 Å². The molecule has 0 aliphatic heterocycles. The van der Waals surface area contributed by atoms with Gasteiger partial charge in [0.1, 0.15) is 5.75 Å². The Bertz CT molecular complexity index is 601. The van der Waals surface area contributed by atoms with Crippen LogP contribution in [0, 0.1) is 0 Å². The van der Waals surface area contributed by atoms with E-state index in [9.17, 15) is 9.59 Å². The molecule has 18 heavy (non-hydrogen) atoms. The molecule has 0 aliphatic carbocycles. The molecule has 0 saturated heterocycles. The maximum absolute atomic E-state index is 11.9. The molecule has 0 N–H and O–H groups in total. The Morgan fingerprint density at radius 3 is 2.39 bits per heavy atom. The van der Waals surface area contributed by atoms with E-state index in [4.69, 9.17) is 4.74 Å². The Balaban J connectivity index is 2.27. The zero-order valence-electron chi connectivity index (χ0n) is 9.37. The third-order valence-corrected chi connectivity index (χ3v) is 2.24. The van der Waals surface area contributed by atoms with Crippen LogP contribution in [0.3, 0.4) is 0 Å². The number of esters is 1. The Kier molecular flexibility index (Phi) is 3.64. The predicted molar refractivity (Wildman–Crippen MR) is 65.6 cm³/mol. The number of hydrogen-bond donors (Lipinski definition) is 0. The first-order chi connectivity index (χ1) is 8.81. The van der Waals surface area contributed by atoms with Crippen molar-refractivity contribution in [3.63, 3.8) is 0 Å². The molecule has 0 heterocycles. The minimum absolute atomic E-state index is 0.227. The molecule has 2 rings (SSSR count). The fourth-order valence-electron chi connectivity index (χ4n) is 1.44. The van der Waals surface area contributed by atoms with Crippen LogP contribution in [0.1, 0.15) is 10.4 Å². The van der Waals surface area contributed by atoms with Gasteiger partial charge in [-0.25, -0.2) is 9.59 Å². The van der Waals surface area contributed by atoms with E-state index in [0.717, 1.165) is 0 Å². The maximum Gasteiger partial charge on any atom is 0.345 e. The Labute approximate surface area is 104 Å². The number of benzene rings is 2. The quantitative estimate of drug-likeness (QED) is 0.358. The summed E-state index contributed by atoms with van der Waals surface area (Å²) >= 11 is 0. The number of carbonyl (C=O) groups is 1. The first-order valence-corrected chi connectivity index (χ1v) is 5.25. The molecule has 0 spiro atoms. The highest BCUT2D eigenvalue weighted by atomic mass is 16.5. The number of aliphatic imine (C=N–C) groups is 1. The molecule has 0 atom stereocenters. The van der Waals surface area contributed by atoms with Crippen molar-refractivity contribution in [3.8, 4) is 5.75 Å². The van der Waals surface area contributed by atoms with Gasteiger partial charge >= 0.3 is 5.97 Å². The van der Waals surface area contributed by atoms with Gasteiger partial charge in [-0.15, -0.1) is 0 Å². The average Bonchev–Trinajstić information content (AvgIpc) is 2.41. The summed E-state index contributed by atoms with van der Waals surface area (Å²) in [5, 5.41) is 0. The molecule has 88 valence electrons. The second-order valence-electron chi connectivity index (χ2n) is 3.42. The summed E-state index contributed by atoms with van der Waals surface area (Å²) < 4.78 is 5.16. The number of isocyanates is 1. The molecule has 0 fully saturated rings. The van der Waals surface area contributed by atoms with Crippen LogP contribution in [0.25, 0.3) is 0 Å². The molecular weight excluding hydrogens is 230 g/mol. The summed E-state index contributed by atoms with van der Waals surface area (Å²) in [5.74, 6) is -0.122. The highest BCUT2D eigenvalue weighted by molar-refractivity contribution is 5.96. The molecule has 2 aromatic carbocycles. The van der Waals surface area contributed by atoms with Crippen LogP contribution in [0.4, 0.5) is 5.69 Å². The topological polar surface area (TPSA) is 55.7 Å². The van der Waals surface area contributed by atoms with Gasteiger partial charge in [-0.2, -0.15) is 4.99 Å². The van der Waals surface area contributed by atoms with Gasteiger partial charge in [0, 0.05) is 0 Å². The van der Waals surface area contributed by atoms with Crippen molar-refractivity contribution in [2.45, 2.75) is 0 Å². The van der Waals surface area contributed by atoms with Crippen molar-refractivity contribution in [1.29, 1.82) is 0 Å². The summed E-state index contributed by atoms with van der Waals surface area (Å²) in [4.78, 5) is 25.6. The van der Waals surface area contributed by atoms with Crippen LogP contribution in [-0.2, 0) is 4.79 Å². The molecule has 0 radical (unpaired) electrons. The summed E-state index contributed by atoms with van der Waals surface area (Å²) in [7, 11) is 0. The summed E-state index contributed by atoms with van der Waals surface area (Å²) in [6.45, 7) is 0. The van der Waals surface area contributed by atoms with Crippen molar-refractivity contribution in [2.24, 2.45) is 4.99 Å². The fraction of sp³-hybridized carbons (Fsp3) is 0. The van der Waals surface area contributed by atoms with Crippen molar-refractivity contribution in [3.05, 3.63) is 60.2 Å². The fourth-order valence-corrected chi connectivity index (χ4v) is 1.44. The second-order valence-corrected chi connectivity index (χ2v) is 3.42. The van der Waals surface area contributed by atoms with E-state index in [-0.39, 0.29) is 11.3 Å². The summed E-state index contributed by atoms with van der Waals surface area (Å²) in [6.07, 6.45) is 1.41. The first kappa shape index (κ1) is 11.8. The van der Waals surface area contributed by atoms with Crippen LogP contribution in [0.2, 0.25) is 0 Å². The molecule has 0 aromatic heterocycles. The van der Waals surface area contributed by atoms with Crippen LogP contribution in [-0.4, -0.2) is 12.0 Å². The lowest BCUT2D eigenvalue weighted by atomic mass is 10.2. The lowest BCUT2D eigenvalue weighted by molar-refractivity contribution is 0.0735. The van der Waals surface area contributed by atoms with Gasteiger partial charge in [0.2, 0.25) is 6.08 Å².